The van der Waals surface area contributed by atoms with Crippen molar-refractivity contribution < 1.29 is 9.47 Å². The Kier molecular flexibility index (Phi) is 6.51. The van der Waals surface area contributed by atoms with E-state index in [1.807, 2.05) is 13.8 Å². The lowest BCUT2D eigenvalue weighted by atomic mass is 10.3. The first-order chi connectivity index (χ1) is 5.16. The molecule has 2 atom stereocenters. The third kappa shape index (κ3) is 7.78. The molecule has 0 fully saturated rings. The minimum atomic E-state index is 0.125. The Hall–Kier alpha value is -0.120. The highest BCUT2D eigenvalue weighted by atomic mass is 16.5. The summed E-state index contributed by atoms with van der Waals surface area (Å²) in [6, 6.07) is 0.125. The normalized spacial score (nSPS) is 16.4. The third-order valence-electron chi connectivity index (χ3n) is 1.37. The van der Waals surface area contributed by atoms with Crippen molar-refractivity contribution in [3.05, 3.63) is 0 Å². The highest BCUT2D eigenvalue weighted by Crippen LogP contribution is 1.97. The average molecular weight is 161 g/mol. The summed E-state index contributed by atoms with van der Waals surface area (Å²) in [5, 5.41) is 0. The minimum absolute atomic E-state index is 0.125. The summed E-state index contributed by atoms with van der Waals surface area (Å²) in [4.78, 5) is 0. The maximum Gasteiger partial charge on any atom is 0.0618 e. The smallest absolute Gasteiger partial charge is 0.0618 e. The fourth-order valence-electron chi connectivity index (χ4n) is 0.683. The Morgan fingerprint density at radius 3 is 2.45 bits per heavy atom. The van der Waals surface area contributed by atoms with E-state index in [-0.39, 0.29) is 12.1 Å². The van der Waals surface area contributed by atoms with Crippen LogP contribution in [0, 0.1) is 0 Å². The van der Waals surface area contributed by atoms with Crippen molar-refractivity contribution in [2.45, 2.75) is 32.4 Å². The Labute approximate surface area is 68.9 Å². The quantitative estimate of drug-likeness (QED) is 0.626. The van der Waals surface area contributed by atoms with Crippen molar-refractivity contribution in [1.82, 2.24) is 0 Å². The summed E-state index contributed by atoms with van der Waals surface area (Å²) < 4.78 is 10.3. The number of hydrogen-bond acceptors (Lipinski definition) is 3. The van der Waals surface area contributed by atoms with Crippen LogP contribution in [-0.2, 0) is 9.47 Å². The molecule has 0 bridgehead atoms. The molecule has 2 unspecified atom stereocenters. The average Bonchev–Trinajstić information content (AvgIpc) is 1.97. The molecule has 0 saturated heterocycles. The van der Waals surface area contributed by atoms with Gasteiger partial charge in [-0.05, 0) is 20.3 Å². The largest absolute Gasteiger partial charge is 0.385 e. The molecule has 2 N–H and O–H groups in total. The topological polar surface area (TPSA) is 44.5 Å². The molecule has 0 aromatic rings. The van der Waals surface area contributed by atoms with Crippen molar-refractivity contribution in [1.29, 1.82) is 0 Å². The van der Waals surface area contributed by atoms with Crippen molar-refractivity contribution >= 4 is 0 Å². The predicted octanol–water partition coefficient (Wildman–Crippen LogP) is 0.775. The first-order valence-corrected chi connectivity index (χ1v) is 4.03. The molecule has 0 spiro atoms. The highest BCUT2D eigenvalue weighted by Gasteiger charge is 2.02. The van der Waals surface area contributed by atoms with E-state index in [4.69, 9.17) is 15.2 Å². The van der Waals surface area contributed by atoms with Gasteiger partial charge in [0.15, 0.2) is 0 Å². The molecule has 0 aliphatic rings. The molecule has 0 radical (unpaired) electrons. The monoisotopic (exact) mass is 161 g/mol. The lowest BCUT2D eigenvalue weighted by Crippen LogP contribution is -2.25. The van der Waals surface area contributed by atoms with Gasteiger partial charge in [0, 0.05) is 19.8 Å². The zero-order chi connectivity index (χ0) is 8.69. The molecule has 11 heavy (non-hydrogen) atoms. The van der Waals surface area contributed by atoms with Gasteiger partial charge in [0.1, 0.15) is 0 Å². The number of hydrogen-bond donors (Lipinski definition) is 1. The lowest BCUT2D eigenvalue weighted by Gasteiger charge is -2.13. The van der Waals surface area contributed by atoms with Gasteiger partial charge in [-0.25, -0.2) is 0 Å². The van der Waals surface area contributed by atoms with Crippen LogP contribution in [0.3, 0.4) is 0 Å². The maximum absolute atomic E-state index is 5.51. The molecule has 0 aliphatic heterocycles. The molecule has 0 saturated carbocycles. The standard InChI is InChI=1S/C8H19NO2/c1-7(9)6-11-8(2)4-5-10-3/h7-8H,4-6,9H2,1-3H3. The van der Waals surface area contributed by atoms with E-state index in [1.165, 1.54) is 0 Å². The second-order valence-electron chi connectivity index (χ2n) is 2.90. The van der Waals surface area contributed by atoms with Crippen molar-refractivity contribution in [2.24, 2.45) is 5.73 Å². The summed E-state index contributed by atoms with van der Waals surface area (Å²) in [5.41, 5.74) is 5.51. The Bertz CT molecular complexity index is 86.2. The summed E-state index contributed by atoms with van der Waals surface area (Å²) in [6.45, 7) is 5.34. The fraction of sp³-hybridized carbons (Fsp3) is 1.00. The van der Waals surface area contributed by atoms with Crippen molar-refractivity contribution in [3.8, 4) is 0 Å². The molecule has 0 amide bonds. The molecule has 68 valence electrons. The Morgan fingerprint density at radius 2 is 2.00 bits per heavy atom. The lowest BCUT2D eigenvalue weighted by molar-refractivity contribution is 0.0355. The van der Waals surface area contributed by atoms with Crippen LogP contribution in [-0.4, -0.2) is 32.5 Å². The zero-order valence-electron chi connectivity index (χ0n) is 7.67. The first kappa shape index (κ1) is 10.9. The zero-order valence-corrected chi connectivity index (χ0v) is 7.67. The molecule has 0 aromatic heterocycles. The van der Waals surface area contributed by atoms with E-state index in [0.717, 1.165) is 13.0 Å². The van der Waals surface area contributed by atoms with Crippen molar-refractivity contribution in [2.75, 3.05) is 20.3 Å². The predicted molar refractivity (Wildman–Crippen MR) is 45.6 cm³/mol. The molecular weight excluding hydrogens is 142 g/mol. The van der Waals surface area contributed by atoms with E-state index in [2.05, 4.69) is 0 Å². The Balaban J connectivity index is 3.15. The van der Waals surface area contributed by atoms with Crippen LogP contribution in [0.4, 0.5) is 0 Å². The maximum atomic E-state index is 5.51. The molecule has 3 heteroatoms. The highest BCUT2D eigenvalue weighted by molar-refractivity contribution is 4.53. The van der Waals surface area contributed by atoms with Crippen LogP contribution in [0.2, 0.25) is 0 Å². The van der Waals surface area contributed by atoms with Gasteiger partial charge in [0.05, 0.1) is 12.7 Å². The van der Waals surface area contributed by atoms with Gasteiger partial charge in [-0.2, -0.15) is 0 Å². The molecule has 0 rings (SSSR count). The van der Waals surface area contributed by atoms with E-state index in [1.54, 1.807) is 7.11 Å². The molecule has 0 aromatic carbocycles. The first-order valence-electron chi connectivity index (χ1n) is 4.03. The van der Waals surface area contributed by atoms with Crippen LogP contribution < -0.4 is 5.73 Å². The summed E-state index contributed by atoms with van der Waals surface area (Å²) in [6.07, 6.45) is 1.18. The molecular formula is C8H19NO2. The van der Waals surface area contributed by atoms with Crippen LogP contribution >= 0.6 is 0 Å². The molecule has 0 heterocycles. The number of methoxy groups -OCH3 is 1. The SMILES string of the molecule is COCCC(C)OCC(C)N. The molecule has 3 nitrogen and oxygen atoms in total. The van der Waals surface area contributed by atoms with Gasteiger partial charge < -0.3 is 15.2 Å². The second kappa shape index (κ2) is 6.58. The van der Waals surface area contributed by atoms with Crippen molar-refractivity contribution in [3.63, 3.8) is 0 Å². The van der Waals surface area contributed by atoms with Crippen LogP contribution in [0.25, 0.3) is 0 Å². The Morgan fingerprint density at radius 1 is 1.36 bits per heavy atom. The third-order valence-corrected chi connectivity index (χ3v) is 1.37. The van der Waals surface area contributed by atoms with E-state index < -0.39 is 0 Å². The van der Waals surface area contributed by atoms with Gasteiger partial charge in [-0.1, -0.05) is 0 Å². The van der Waals surface area contributed by atoms with Crippen LogP contribution in [0.5, 0.6) is 0 Å². The fourth-order valence-corrected chi connectivity index (χ4v) is 0.683. The number of ether oxygens (including phenoxy) is 2. The minimum Gasteiger partial charge on any atom is -0.385 e. The van der Waals surface area contributed by atoms with Gasteiger partial charge in [-0.15, -0.1) is 0 Å². The second-order valence-corrected chi connectivity index (χ2v) is 2.90. The number of rotatable bonds is 6. The molecule has 0 aliphatic carbocycles. The van der Waals surface area contributed by atoms with E-state index in [9.17, 15) is 0 Å². The summed E-state index contributed by atoms with van der Waals surface area (Å²) in [5.74, 6) is 0. The van der Waals surface area contributed by atoms with E-state index in [0.29, 0.717) is 6.61 Å². The van der Waals surface area contributed by atoms with E-state index >= 15 is 0 Å². The number of nitrogens with two attached hydrogens (primary N) is 1. The van der Waals surface area contributed by atoms with Crippen LogP contribution in [0.15, 0.2) is 0 Å². The van der Waals surface area contributed by atoms with Gasteiger partial charge in [-0.3, -0.25) is 0 Å². The summed E-state index contributed by atoms with van der Waals surface area (Å²) >= 11 is 0. The summed E-state index contributed by atoms with van der Waals surface area (Å²) in [7, 11) is 1.69. The van der Waals surface area contributed by atoms with Gasteiger partial charge in [0.25, 0.3) is 0 Å². The van der Waals surface area contributed by atoms with Crippen LogP contribution in [0.1, 0.15) is 20.3 Å². The van der Waals surface area contributed by atoms with Gasteiger partial charge >= 0.3 is 0 Å². The van der Waals surface area contributed by atoms with Gasteiger partial charge in [0.2, 0.25) is 0 Å².